The van der Waals surface area contributed by atoms with Crippen LogP contribution in [0.5, 0.6) is 5.75 Å². The number of hydrogen-bond acceptors (Lipinski definition) is 5. The summed E-state index contributed by atoms with van der Waals surface area (Å²) < 4.78 is 12.7. The van der Waals surface area contributed by atoms with Crippen LogP contribution in [0.1, 0.15) is 11.1 Å². The van der Waals surface area contributed by atoms with Crippen LogP contribution in [0.25, 0.3) is 83.2 Å². The highest BCUT2D eigenvalue weighted by atomic mass is 16.5. The zero-order valence-electron chi connectivity index (χ0n) is 28.7. The van der Waals surface area contributed by atoms with Crippen LogP contribution in [0.2, 0.25) is 0 Å². The molecule has 2 aromatic heterocycles. The molecule has 0 radical (unpaired) electrons. The van der Waals surface area contributed by atoms with Gasteiger partial charge in [-0.3, -0.25) is 0 Å². The zero-order chi connectivity index (χ0) is 35.3. The van der Waals surface area contributed by atoms with Crippen molar-refractivity contribution in [3.63, 3.8) is 0 Å². The maximum absolute atomic E-state index is 6.45. The van der Waals surface area contributed by atoms with Gasteiger partial charge in [-0.25, -0.2) is 15.0 Å². The van der Waals surface area contributed by atoms with E-state index in [9.17, 15) is 0 Å². The summed E-state index contributed by atoms with van der Waals surface area (Å²) in [5.41, 5.74) is 7.14. The van der Waals surface area contributed by atoms with E-state index in [1.54, 1.807) is 0 Å². The van der Waals surface area contributed by atoms with Gasteiger partial charge in [-0.05, 0) is 81.1 Å². The first-order valence-electron chi connectivity index (χ1n) is 17.7. The molecule has 1 aliphatic rings. The topological polar surface area (TPSA) is 61.0 Å². The number of hydrogen-bond donors (Lipinski definition) is 0. The second-order valence-electron chi connectivity index (χ2n) is 13.2. The number of para-hydroxylation sites is 2. The molecule has 0 bridgehead atoms. The molecule has 0 spiro atoms. The summed E-state index contributed by atoms with van der Waals surface area (Å²) >= 11 is 0. The zero-order valence-corrected chi connectivity index (χ0v) is 28.7. The van der Waals surface area contributed by atoms with Crippen molar-refractivity contribution in [2.24, 2.45) is 0 Å². The largest absolute Gasteiger partial charge is 0.458 e. The van der Waals surface area contributed by atoms with Crippen LogP contribution >= 0.6 is 0 Å². The lowest BCUT2D eigenvalue weighted by molar-refractivity contribution is 0.443. The average Bonchev–Trinajstić information content (AvgIpc) is 3.62. The van der Waals surface area contributed by atoms with E-state index in [2.05, 4.69) is 91.5 Å². The number of rotatable bonds is 4. The molecule has 0 saturated heterocycles. The number of furan rings is 1. The van der Waals surface area contributed by atoms with Gasteiger partial charge in [0.25, 0.3) is 0 Å². The van der Waals surface area contributed by atoms with Gasteiger partial charge in [-0.15, -0.1) is 0 Å². The van der Waals surface area contributed by atoms with Gasteiger partial charge in [0.05, 0.1) is 0 Å². The van der Waals surface area contributed by atoms with E-state index in [-0.39, 0.29) is 0 Å². The van der Waals surface area contributed by atoms with Crippen molar-refractivity contribution in [2.75, 3.05) is 0 Å². The van der Waals surface area contributed by atoms with Gasteiger partial charge in [0, 0.05) is 27.5 Å². The van der Waals surface area contributed by atoms with Crippen LogP contribution < -0.4 is 4.74 Å². The molecule has 7 aromatic carbocycles. The Morgan fingerprint density at radius 3 is 2.17 bits per heavy atom. The Labute approximate surface area is 305 Å². The van der Waals surface area contributed by atoms with E-state index in [0.717, 1.165) is 66.5 Å². The first-order chi connectivity index (χ1) is 26.2. The molecular weight excluding hydrogens is 651 g/mol. The molecule has 0 N–H and O–H groups in total. The Bertz CT molecular complexity index is 2970. The molecule has 3 heterocycles. The summed E-state index contributed by atoms with van der Waals surface area (Å²) in [6, 6.07) is 49.6. The van der Waals surface area contributed by atoms with Gasteiger partial charge in [-0.1, -0.05) is 134 Å². The van der Waals surface area contributed by atoms with Crippen molar-refractivity contribution in [3.8, 4) is 39.9 Å². The maximum atomic E-state index is 6.45. The second-order valence-corrected chi connectivity index (χ2v) is 13.2. The third-order valence-electron chi connectivity index (χ3n) is 9.91. The van der Waals surface area contributed by atoms with E-state index in [0.29, 0.717) is 29.7 Å². The van der Waals surface area contributed by atoms with E-state index in [4.69, 9.17) is 24.1 Å². The second kappa shape index (κ2) is 12.6. The fraction of sp³-hybridized carbons (Fsp3) is 0.0208. The van der Waals surface area contributed by atoms with Crippen LogP contribution in [0.4, 0.5) is 0 Å². The average molecular weight is 682 g/mol. The summed E-state index contributed by atoms with van der Waals surface area (Å²) in [6.07, 6.45) is 7.00. The lowest BCUT2D eigenvalue weighted by Gasteiger charge is -2.15. The van der Waals surface area contributed by atoms with E-state index >= 15 is 0 Å². The smallest absolute Gasteiger partial charge is 0.165 e. The Morgan fingerprint density at radius 1 is 0.547 bits per heavy atom. The quantitative estimate of drug-likeness (QED) is 0.173. The number of ether oxygens (including phenoxy) is 1. The van der Waals surface area contributed by atoms with Gasteiger partial charge in [-0.2, -0.15) is 0 Å². The monoisotopic (exact) mass is 681 g/mol. The predicted molar refractivity (Wildman–Crippen MR) is 215 cm³/mol. The standard InChI is InChI=1S/C48H31N3O2/c1-30-28-34(17-11-16-32-13-6-9-20-41(32)52-30)39-26-27-43-44(40-19-8-10-21-42(40)53-43)45(39)48-50-46(33-14-3-2-4-15-33)49-47(51-48)36-24-25-38-35(29-36)23-22-31-12-5-7-18-37(31)38/h2-15,17-29H,1,16H2/b17-11-,34-28+. The number of fused-ring (bicyclic) bond motifs is 7. The van der Waals surface area contributed by atoms with Crippen LogP contribution in [0.15, 0.2) is 181 Å². The molecule has 0 amide bonds. The van der Waals surface area contributed by atoms with Crippen LogP contribution in [0, 0.1) is 0 Å². The summed E-state index contributed by atoms with van der Waals surface area (Å²) in [5.74, 6) is 3.05. The molecule has 5 nitrogen and oxygen atoms in total. The molecule has 0 saturated carbocycles. The van der Waals surface area contributed by atoms with Crippen LogP contribution in [-0.4, -0.2) is 15.0 Å². The van der Waals surface area contributed by atoms with Gasteiger partial charge < -0.3 is 9.15 Å². The van der Waals surface area contributed by atoms with E-state index < -0.39 is 0 Å². The third-order valence-corrected chi connectivity index (χ3v) is 9.91. The summed E-state index contributed by atoms with van der Waals surface area (Å²) in [7, 11) is 0. The highest BCUT2D eigenvalue weighted by Crippen LogP contribution is 2.42. The van der Waals surface area contributed by atoms with Crippen molar-refractivity contribution < 1.29 is 9.15 Å². The highest BCUT2D eigenvalue weighted by Gasteiger charge is 2.23. The summed E-state index contributed by atoms with van der Waals surface area (Å²) in [5, 5.41) is 6.64. The minimum atomic E-state index is 0.534. The Hall–Kier alpha value is -7.11. The van der Waals surface area contributed by atoms with Crippen molar-refractivity contribution in [1.82, 2.24) is 15.0 Å². The van der Waals surface area contributed by atoms with Crippen LogP contribution in [-0.2, 0) is 6.42 Å². The molecule has 10 rings (SSSR count). The van der Waals surface area contributed by atoms with Crippen molar-refractivity contribution in [3.05, 3.63) is 187 Å². The highest BCUT2D eigenvalue weighted by molar-refractivity contribution is 6.14. The molecule has 1 aliphatic heterocycles. The first kappa shape index (κ1) is 30.7. The van der Waals surface area contributed by atoms with Gasteiger partial charge in [0.15, 0.2) is 17.5 Å². The van der Waals surface area contributed by atoms with Crippen LogP contribution in [0.3, 0.4) is 0 Å². The van der Waals surface area contributed by atoms with Crippen molar-refractivity contribution in [2.45, 2.75) is 6.42 Å². The minimum absolute atomic E-state index is 0.534. The molecule has 0 fully saturated rings. The maximum Gasteiger partial charge on any atom is 0.165 e. The number of benzene rings is 7. The SMILES string of the molecule is C=C1/C=C(c2ccc3oc4ccccc4c3c2-c2nc(-c3ccccc3)nc(-c3ccc4c(ccc5ccccc54)c3)n2)\C=C/Cc2ccccc2O1. The van der Waals surface area contributed by atoms with Gasteiger partial charge in [0.2, 0.25) is 0 Å². The molecule has 9 aromatic rings. The normalized spacial score (nSPS) is 14.6. The summed E-state index contributed by atoms with van der Waals surface area (Å²) in [4.78, 5) is 15.6. The summed E-state index contributed by atoms with van der Waals surface area (Å²) in [6.45, 7) is 4.30. The minimum Gasteiger partial charge on any atom is -0.458 e. The number of aromatic nitrogens is 3. The van der Waals surface area contributed by atoms with E-state index in [1.807, 2.05) is 78.9 Å². The van der Waals surface area contributed by atoms with Crippen molar-refractivity contribution >= 4 is 49.1 Å². The lowest BCUT2D eigenvalue weighted by atomic mass is 9.93. The fourth-order valence-corrected chi connectivity index (χ4v) is 7.42. The molecule has 0 unspecified atom stereocenters. The van der Waals surface area contributed by atoms with E-state index in [1.165, 1.54) is 16.2 Å². The molecule has 0 atom stereocenters. The fourth-order valence-electron chi connectivity index (χ4n) is 7.42. The lowest BCUT2D eigenvalue weighted by Crippen LogP contribution is -2.02. The molecule has 53 heavy (non-hydrogen) atoms. The molecular formula is C48H31N3O2. The number of nitrogens with zero attached hydrogens (tertiary/aromatic N) is 3. The molecule has 5 heteroatoms. The predicted octanol–water partition coefficient (Wildman–Crippen LogP) is 12.2. The molecule has 250 valence electrons. The number of allylic oxidation sites excluding steroid dienone is 4. The Kier molecular flexibility index (Phi) is 7.29. The molecule has 0 aliphatic carbocycles. The first-order valence-corrected chi connectivity index (χ1v) is 17.7. The van der Waals surface area contributed by atoms with Gasteiger partial charge >= 0.3 is 0 Å². The Morgan fingerprint density at radius 2 is 1.26 bits per heavy atom. The third kappa shape index (κ3) is 5.47. The van der Waals surface area contributed by atoms with Crippen molar-refractivity contribution in [1.29, 1.82) is 0 Å². The van der Waals surface area contributed by atoms with Gasteiger partial charge in [0.1, 0.15) is 22.7 Å². The Balaban J connectivity index is 1.24.